The SMILES string of the molecule is COc1ccc(NC(=O)C2CCN(Cc3ccc(C)cc3)CC2)c(OC)c1. The van der Waals surface area contributed by atoms with Crippen molar-refractivity contribution in [2.24, 2.45) is 5.92 Å². The summed E-state index contributed by atoms with van der Waals surface area (Å²) in [6.07, 6.45) is 1.74. The lowest BCUT2D eigenvalue weighted by Gasteiger charge is -2.31. The van der Waals surface area contributed by atoms with E-state index < -0.39 is 0 Å². The molecule has 0 aliphatic carbocycles. The Bertz CT molecular complexity index is 766. The first-order valence-corrected chi connectivity index (χ1v) is 9.40. The van der Waals surface area contributed by atoms with Gasteiger partial charge in [0, 0.05) is 18.5 Å². The molecule has 0 atom stereocenters. The van der Waals surface area contributed by atoms with Crippen molar-refractivity contribution in [2.75, 3.05) is 32.6 Å². The minimum atomic E-state index is 0.0334. The molecule has 5 nitrogen and oxygen atoms in total. The monoisotopic (exact) mass is 368 g/mol. The first kappa shape index (κ1) is 19.2. The van der Waals surface area contributed by atoms with Crippen molar-refractivity contribution < 1.29 is 14.3 Å². The van der Waals surface area contributed by atoms with Crippen LogP contribution in [0.2, 0.25) is 0 Å². The molecule has 5 heteroatoms. The minimum absolute atomic E-state index is 0.0334. The number of hydrogen-bond acceptors (Lipinski definition) is 4. The molecule has 1 amide bonds. The molecule has 0 spiro atoms. The van der Waals surface area contributed by atoms with Crippen molar-refractivity contribution in [2.45, 2.75) is 26.3 Å². The van der Waals surface area contributed by atoms with Crippen molar-refractivity contribution in [3.8, 4) is 11.5 Å². The van der Waals surface area contributed by atoms with Crippen LogP contribution in [0.3, 0.4) is 0 Å². The molecule has 27 heavy (non-hydrogen) atoms. The molecule has 0 aromatic heterocycles. The third-order valence-corrected chi connectivity index (χ3v) is 5.15. The fraction of sp³-hybridized carbons (Fsp3) is 0.409. The van der Waals surface area contributed by atoms with Gasteiger partial charge in [-0.25, -0.2) is 0 Å². The first-order chi connectivity index (χ1) is 13.1. The van der Waals surface area contributed by atoms with Gasteiger partial charge < -0.3 is 14.8 Å². The summed E-state index contributed by atoms with van der Waals surface area (Å²) >= 11 is 0. The predicted molar refractivity (Wildman–Crippen MR) is 107 cm³/mol. The summed E-state index contributed by atoms with van der Waals surface area (Å²) in [5.74, 6) is 1.41. The summed E-state index contributed by atoms with van der Waals surface area (Å²) in [6, 6.07) is 14.1. The number of rotatable bonds is 6. The van der Waals surface area contributed by atoms with E-state index in [0.29, 0.717) is 17.2 Å². The second kappa shape index (κ2) is 8.91. The van der Waals surface area contributed by atoms with E-state index in [4.69, 9.17) is 9.47 Å². The van der Waals surface area contributed by atoms with E-state index in [1.54, 1.807) is 20.3 Å². The van der Waals surface area contributed by atoms with Gasteiger partial charge in [0.05, 0.1) is 19.9 Å². The number of benzene rings is 2. The maximum atomic E-state index is 12.7. The number of ether oxygens (including phenoxy) is 2. The highest BCUT2D eigenvalue weighted by molar-refractivity contribution is 5.94. The topological polar surface area (TPSA) is 50.8 Å². The van der Waals surface area contributed by atoms with Crippen LogP contribution in [0, 0.1) is 12.8 Å². The number of aryl methyl sites for hydroxylation is 1. The van der Waals surface area contributed by atoms with E-state index >= 15 is 0 Å². The van der Waals surface area contributed by atoms with Gasteiger partial charge in [-0.05, 0) is 50.6 Å². The number of carbonyl (C=O) groups is 1. The van der Waals surface area contributed by atoms with Gasteiger partial charge in [0.15, 0.2) is 0 Å². The minimum Gasteiger partial charge on any atom is -0.497 e. The van der Waals surface area contributed by atoms with E-state index in [2.05, 4.69) is 41.4 Å². The number of nitrogens with zero attached hydrogens (tertiary/aromatic N) is 1. The second-order valence-corrected chi connectivity index (χ2v) is 7.09. The van der Waals surface area contributed by atoms with Crippen molar-refractivity contribution in [1.29, 1.82) is 0 Å². The molecule has 0 unspecified atom stereocenters. The van der Waals surface area contributed by atoms with Crippen LogP contribution in [0.4, 0.5) is 5.69 Å². The van der Waals surface area contributed by atoms with Crippen LogP contribution in [0.15, 0.2) is 42.5 Å². The number of likely N-dealkylation sites (tertiary alicyclic amines) is 1. The maximum Gasteiger partial charge on any atom is 0.227 e. The van der Waals surface area contributed by atoms with Gasteiger partial charge in [0.25, 0.3) is 0 Å². The van der Waals surface area contributed by atoms with Crippen LogP contribution in [0.5, 0.6) is 11.5 Å². The van der Waals surface area contributed by atoms with E-state index in [1.807, 2.05) is 12.1 Å². The molecule has 1 heterocycles. The van der Waals surface area contributed by atoms with Gasteiger partial charge in [-0.2, -0.15) is 0 Å². The molecular formula is C22H28N2O3. The number of carbonyl (C=O) groups excluding carboxylic acids is 1. The highest BCUT2D eigenvalue weighted by Crippen LogP contribution is 2.30. The van der Waals surface area contributed by atoms with Crippen LogP contribution >= 0.6 is 0 Å². The number of hydrogen-bond donors (Lipinski definition) is 1. The van der Waals surface area contributed by atoms with Gasteiger partial charge in [0.1, 0.15) is 11.5 Å². The third kappa shape index (κ3) is 5.01. The van der Waals surface area contributed by atoms with E-state index in [-0.39, 0.29) is 11.8 Å². The lowest BCUT2D eigenvalue weighted by Crippen LogP contribution is -2.37. The van der Waals surface area contributed by atoms with Crippen LogP contribution in [-0.2, 0) is 11.3 Å². The number of piperidine rings is 1. The van der Waals surface area contributed by atoms with E-state index in [1.165, 1.54) is 11.1 Å². The van der Waals surface area contributed by atoms with Crippen molar-refractivity contribution in [1.82, 2.24) is 4.90 Å². The van der Waals surface area contributed by atoms with Crippen LogP contribution in [0.1, 0.15) is 24.0 Å². The predicted octanol–water partition coefficient (Wildman–Crippen LogP) is 3.86. The van der Waals surface area contributed by atoms with Gasteiger partial charge >= 0.3 is 0 Å². The van der Waals surface area contributed by atoms with Crippen molar-refractivity contribution in [3.05, 3.63) is 53.6 Å². The molecule has 1 aliphatic rings. The zero-order chi connectivity index (χ0) is 19.2. The Balaban J connectivity index is 1.53. The zero-order valence-electron chi connectivity index (χ0n) is 16.3. The molecule has 2 aromatic carbocycles. The van der Waals surface area contributed by atoms with Crippen LogP contribution < -0.4 is 14.8 Å². The number of methoxy groups -OCH3 is 2. The number of nitrogens with one attached hydrogen (secondary N) is 1. The fourth-order valence-electron chi connectivity index (χ4n) is 3.44. The largest absolute Gasteiger partial charge is 0.497 e. The Morgan fingerprint density at radius 2 is 1.78 bits per heavy atom. The van der Waals surface area contributed by atoms with E-state index in [9.17, 15) is 4.79 Å². The molecule has 1 saturated heterocycles. The summed E-state index contributed by atoms with van der Waals surface area (Å²) < 4.78 is 10.6. The Morgan fingerprint density at radius 1 is 1.07 bits per heavy atom. The summed E-state index contributed by atoms with van der Waals surface area (Å²) in [6.45, 7) is 4.92. The zero-order valence-corrected chi connectivity index (χ0v) is 16.3. The van der Waals surface area contributed by atoms with Crippen molar-refractivity contribution in [3.63, 3.8) is 0 Å². The molecule has 1 N–H and O–H groups in total. The maximum absolute atomic E-state index is 12.7. The lowest BCUT2D eigenvalue weighted by atomic mass is 9.95. The molecule has 2 aromatic rings. The average Bonchev–Trinajstić information content (AvgIpc) is 2.70. The van der Waals surface area contributed by atoms with Crippen LogP contribution in [-0.4, -0.2) is 38.1 Å². The first-order valence-electron chi connectivity index (χ1n) is 9.40. The quantitative estimate of drug-likeness (QED) is 0.841. The van der Waals surface area contributed by atoms with Gasteiger partial charge in [-0.15, -0.1) is 0 Å². The Hall–Kier alpha value is -2.53. The normalized spacial score (nSPS) is 15.4. The Kier molecular flexibility index (Phi) is 6.35. The Morgan fingerprint density at radius 3 is 2.41 bits per heavy atom. The smallest absolute Gasteiger partial charge is 0.227 e. The summed E-state index contributed by atoms with van der Waals surface area (Å²) in [4.78, 5) is 15.1. The average molecular weight is 368 g/mol. The summed E-state index contributed by atoms with van der Waals surface area (Å²) in [5, 5.41) is 3.02. The molecule has 0 bridgehead atoms. The third-order valence-electron chi connectivity index (χ3n) is 5.15. The highest BCUT2D eigenvalue weighted by atomic mass is 16.5. The van der Waals surface area contributed by atoms with Gasteiger partial charge in [-0.1, -0.05) is 29.8 Å². The molecule has 3 rings (SSSR count). The lowest BCUT2D eigenvalue weighted by molar-refractivity contribution is -0.121. The fourth-order valence-corrected chi connectivity index (χ4v) is 3.44. The van der Waals surface area contributed by atoms with Gasteiger partial charge in [-0.3, -0.25) is 9.69 Å². The second-order valence-electron chi connectivity index (χ2n) is 7.09. The molecule has 144 valence electrons. The number of anilines is 1. The van der Waals surface area contributed by atoms with Crippen molar-refractivity contribution >= 4 is 11.6 Å². The highest BCUT2D eigenvalue weighted by Gasteiger charge is 2.25. The Labute approximate surface area is 161 Å². The summed E-state index contributed by atoms with van der Waals surface area (Å²) in [5.41, 5.74) is 3.29. The number of amides is 1. The molecule has 0 saturated carbocycles. The molecular weight excluding hydrogens is 340 g/mol. The molecule has 0 radical (unpaired) electrons. The molecule has 1 fully saturated rings. The van der Waals surface area contributed by atoms with Gasteiger partial charge in [0.2, 0.25) is 5.91 Å². The standard InChI is InChI=1S/C22H28N2O3/c1-16-4-6-17(7-5-16)15-24-12-10-18(11-13-24)22(25)23-20-9-8-19(26-2)14-21(20)27-3/h4-9,14,18H,10-13,15H2,1-3H3,(H,23,25). The van der Waals surface area contributed by atoms with Crippen LogP contribution in [0.25, 0.3) is 0 Å². The molecule has 1 aliphatic heterocycles. The summed E-state index contributed by atoms with van der Waals surface area (Å²) in [7, 11) is 3.20. The van der Waals surface area contributed by atoms with E-state index in [0.717, 1.165) is 32.5 Å².